The van der Waals surface area contributed by atoms with Crippen LogP contribution in [0, 0.1) is 10.8 Å². The summed E-state index contributed by atoms with van der Waals surface area (Å²) < 4.78 is 55.1. The number of nitrogens with zero attached hydrogens (tertiary/aromatic N) is 1. The molecule has 2 aromatic carbocycles. The molecular weight excluding hydrogens is 580 g/mol. The van der Waals surface area contributed by atoms with E-state index in [1.807, 2.05) is 41.5 Å². The van der Waals surface area contributed by atoms with Gasteiger partial charge in [0.15, 0.2) is 0 Å². The van der Waals surface area contributed by atoms with Gasteiger partial charge in [-0.3, -0.25) is 0 Å². The van der Waals surface area contributed by atoms with Crippen LogP contribution in [0.25, 0.3) is 11.1 Å². The van der Waals surface area contributed by atoms with E-state index in [9.17, 15) is 16.8 Å². The van der Waals surface area contributed by atoms with Crippen LogP contribution in [0.1, 0.15) is 41.5 Å². The Balaban J connectivity index is 2.84. The van der Waals surface area contributed by atoms with E-state index in [-0.39, 0.29) is 31.7 Å². The smallest absolute Gasteiger partial charge is 0.225 e. The zero-order valence-corrected chi connectivity index (χ0v) is 23.9. The first-order chi connectivity index (χ1) is 14.3. The Morgan fingerprint density at radius 1 is 0.750 bits per heavy atom. The van der Waals surface area contributed by atoms with E-state index < -0.39 is 20.0 Å². The van der Waals surface area contributed by atoms with Crippen molar-refractivity contribution in [1.82, 2.24) is 4.31 Å². The van der Waals surface area contributed by atoms with E-state index >= 15 is 0 Å². The highest BCUT2D eigenvalue weighted by Crippen LogP contribution is 2.37. The van der Waals surface area contributed by atoms with Gasteiger partial charge in [0.2, 0.25) is 20.0 Å². The quantitative estimate of drug-likeness (QED) is 0.460. The largest absolute Gasteiger partial charge is 0.243 e. The molecule has 0 spiro atoms. The molecule has 0 saturated heterocycles. The first kappa shape index (κ1) is 27.5. The van der Waals surface area contributed by atoms with Gasteiger partial charge in [-0.1, -0.05) is 85.5 Å². The van der Waals surface area contributed by atoms with Crippen LogP contribution in [0.2, 0.25) is 0 Å². The Labute approximate surface area is 208 Å². The first-order valence-electron chi connectivity index (χ1n) is 9.94. The molecule has 2 rings (SSSR count). The van der Waals surface area contributed by atoms with Crippen molar-refractivity contribution < 1.29 is 16.8 Å². The zero-order valence-electron chi connectivity index (χ0n) is 19.1. The summed E-state index contributed by atoms with van der Waals surface area (Å²) in [5.74, 6) is 0. The summed E-state index contributed by atoms with van der Waals surface area (Å²) in [6, 6.07) is 9.39. The molecule has 0 aromatic heterocycles. The summed E-state index contributed by atoms with van der Waals surface area (Å²) in [5, 5.41) is 5.46. The number of sulfonamides is 2. The fourth-order valence-corrected chi connectivity index (χ4v) is 7.23. The van der Waals surface area contributed by atoms with Crippen molar-refractivity contribution in [2.24, 2.45) is 16.0 Å². The van der Waals surface area contributed by atoms with Gasteiger partial charge in [-0.25, -0.2) is 22.0 Å². The SMILES string of the molecule is CC(C)(C)CN(CC(C)(C)C)S(=O)(=O)c1cc(Br)ccc1-c1ccc(Br)cc1S(N)(=O)=O. The molecule has 0 atom stereocenters. The molecule has 0 aliphatic rings. The monoisotopic (exact) mass is 608 g/mol. The van der Waals surface area contributed by atoms with Gasteiger partial charge in [0.05, 0.1) is 9.79 Å². The lowest BCUT2D eigenvalue weighted by molar-refractivity contribution is 0.222. The molecule has 0 fully saturated rings. The van der Waals surface area contributed by atoms with Crippen LogP contribution < -0.4 is 5.14 Å². The Kier molecular flexibility index (Phi) is 8.12. The predicted molar refractivity (Wildman–Crippen MR) is 136 cm³/mol. The minimum atomic E-state index is -4.10. The molecule has 2 aromatic rings. The molecule has 6 nitrogen and oxygen atoms in total. The molecule has 2 N–H and O–H groups in total. The topological polar surface area (TPSA) is 97.5 Å². The Bertz CT molecular complexity index is 1200. The lowest BCUT2D eigenvalue weighted by Crippen LogP contribution is -2.42. The zero-order chi connectivity index (χ0) is 24.7. The lowest BCUT2D eigenvalue weighted by atomic mass is 9.94. The van der Waals surface area contributed by atoms with Crippen molar-refractivity contribution in [1.29, 1.82) is 0 Å². The maximum Gasteiger partial charge on any atom is 0.243 e. The standard InChI is InChI=1S/C22H30Br2N2O4S2/c1-21(2,3)13-26(14-22(4,5)6)32(29,30)20-12-16(24)8-10-18(20)17-9-7-15(23)11-19(17)31(25,27)28/h7-12H,13-14H2,1-6H3,(H2,25,27,28). The third-order valence-electron chi connectivity index (χ3n) is 4.40. The third-order valence-corrected chi connectivity index (χ3v) is 8.17. The van der Waals surface area contributed by atoms with Gasteiger partial charge in [-0.15, -0.1) is 0 Å². The fraction of sp³-hybridized carbons (Fsp3) is 0.455. The molecule has 32 heavy (non-hydrogen) atoms. The Morgan fingerprint density at radius 2 is 1.12 bits per heavy atom. The minimum absolute atomic E-state index is 0.0209. The maximum absolute atomic E-state index is 14.0. The van der Waals surface area contributed by atoms with Crippen LogP contribution in [0.3, 0.4) is 0 Å². The van der Waals surface area contributed by atoms with E-state index in [1.54, 1.807) is 24.3 Å². The number of primary sulfonamides is 1. The van der Waals surface area contributed by atoms with Crippen LogP contribution in [0.15, 0.2) is 55.1 Å². The van der Waals surface area contributed by atoms with E-state index in [0.29, 0.717) is 22.0 Å². The van der Waals surface area contributed by atoms with Gasteiger partial charge in [-0.2, -0.15) is 4.31 Å². The van der Waals surface area contributed by atoms with Gasteiger partial charge >= 0.3 is 0 Å². The normalized spacial score (nSPS) is 13.6. The van der Waals surface area contributed by atoms with Gasteiger partial charge in [0.25, 0.3) is 0 Å². The second-order valence-corrected chi connectivity index (χ2v) is 15.5. The highest BCUT2D eigenvalue weighted by atomic mass is 79.9. The van der Waals surface area contributed by atoms with Crippen LogP contribution in [-0.2, 0) is 20.0 Å². The molecule has 0 saturated carbocycles. The molecule has 0 aliphatic heterocycles. The van der Waals surface area contributed by atoms with E-state index in [4.69, 9.17) is 5.14 Å². The predicted octanol–water partition coefficient (Wildman–Crippen LogP) is 5.61. The highest BCUT2D eigenvalue weighted by Gasteiger charge is 2.34. The molecule has 0 unspecified atom stereocenters. The molecular formula is C22H30Br2N2O4S2. The number of hydrogen-bond acceptors (Lipinski definition) is 4. The van der Waals surface area contributed by atoms with Crippen LogP contribution in [0.5, 0.6) is 0 Å². The summed E-state index contributed by atoms with van der Waals surface area (Å²) >= 11 is 6.64. The van der Waals surface area contributed by atoms with E-state index in [1.165, 1.54) is 16.4 Å². The van der Waals surface area contributed by atoms with Gasteiger partial charge in [0, 0.05) is 33.2 Å². The number of halogens is 2. The summed E-state index contributed by atoms with van der Waals surface area (Å²) in [4.78, 5) is -0.128. The number of hydrogen-bond donors (Lipinski definition) is 1. The number of rotatable bonds is 6. The fourth-order valence-electron chi connectivity index (χ4n) is 3.31. The third kappa shape index (κ3) is 7.11. The average molecular weight is 610 g/mol. The molecule has 0 heterocycles. The minimum Gasteiger partial charge on any atom is -0.225 e. The molecule has 178 valence electrons. The van der Waals surface area contributed by atoms with Gasteiger partial charge < -0.3 is 0 Å². The van der Waals surface area contributed by atoms with Crippen molar-refractivity contribution >= 4 is 51.9 Å². The van der Waals surface area contributed by atoms with E-state index in [0.717, 1.165) is 0 Å². The second-order valence-electron chi connectivity index (χ2n) is 10.2. The van der Waals surface area contributed by atoms with Crippen LogP contribution >= 0.6 is 31.9 Å². The van der Waals surface area contributed by atoms with Crippen molar-refractivity contribution in [2.45, 2.75) is 51.3 Å². The molecule has 0 bridgehead atoms. The molecule has 10 heteroatoms. The molecule has 0 aliphatic carbocycles. The van der Waals surface area contributed by atoms with Crippen molar-refractivity contribution in [3.63, 3.8) is 0 Å². The summed E-state index contributed by atoms with van der Waals surface area (Å²) in [6.45, 7) is 12.5. The van der Waals surface area contributed by atoms with Crippen molar-refractivity contribution in [2.75, 3.05) is 13.1 Å². The summed E-state index contributed by atoms with van der Waals surface area (Å²) in [6.07, 6.45) is 0. The summed E-state index contributed by atoms with van der Waals surface area (Å²) in [7, 11) is -8.09. The van der Waals surface area contributed by atoms with E-state index in [2.05, 4.69) is 31.9 Å². The van der Waals surface area contributed by atoms with Crippen LogP contribution in [-0.4, -0.2) is 34.2 Å². The average Bonchev–Trinajstić information content (AvgIpc) is 2.58. The number of nitrogens with two attached hydrogens (primary N) is 1. The molecule has 0 amide bonds. The highest BCUT2D eigenvalue weighted by molar-refractivity contribution is 9.10. The Hall–Kier alpha value is -0.780. The van der Waals surface area contributed by atoms with Crippen molar-refractivity contribution in [3.05, 3.63) is 45.3 Å². The lowest BCUT2D eigenvalue weighted by Gasteiger charge is -2.34. The molecule has 0 radical (unpaired) electrons. The Morgan fingerprint density at radius 3 is 1.50 bits per heavy atom. The van der Waals surface area contributed by atoms with Crippen LogP contribution in [0.4, 0.5) is 0 Å². The number of benzene rings is 2. The second kappa shape index (κ2) is 9.46. The van der Waals surface area contributed by atoms with Crippen molar-refractivity contribution in [3.8, 4) is 11.1 Å². The van der Waals surface area contributed by atoms with Gasteiger partial charge in [0.1, 0.15) is 0 Å². The van der Waals surface area contributed by atoms with Gasteiger partial charge in [-0.05, 0) is 35.1 Å². The maximum atomic E-state index is 14.0. The summed E-state index contributed by atoms with van der Waals surface area (Å²) in [5.41, 5.74) is -0.0624. The first-order valence-corrected chi connectivity index (χ1v) is 14.5.